The van der Waals surface area contributed by atoms with Crippen molar-refractivity contribution in [1.82, 2.24) is 0 Å². The Morgan fingerprint density at radius 2 is 1.65 bits per heavy atom. The van der Waals surface area contributed by atoms with E-state index in [9.17, 15) is 10.1 Å². The van der Waals surface area contributed by atoms with Gasteiger partial charge in [-0.05, 0) is 12.5 Å². The maximum Gasteiger partial charge on any atom is 0.276 e. The van der Waals surface area contributed by atoms with Crippen molar-refractivity contribution in [2.75, 3.05) is 14.2 Å². The Bertz CT molecular complexity index is 377. The van der Waals surface area contributed by atoms with Gasteiger partial charge in [-0.1, -0.05) is 20.8 Å². The van der Waals surface area contributed by atoms with E-state index < -0.39 is 4.92 Å². The van der Waals surface area contributed by atoms with Gasteiger partial charge in [-0.2, -0.15) is 0 Å². The molecule has 5 heteroatoms. The second-order valence-corrected chi connectivity index (χ2v) is 2.95. The Hall–Kier alpha value is -1.78. The Balaban J connectivity index is 0.00000121. The van der Waals surface area contributed by atoms with Crippen molar-refractivity contribution >= 4 is 5.69 Å². The zero-order valence-corrected chi connectivity index (χ0v) is 10.9. The maximum absolute atomic E-state index is 10.8. The number of rotatable bonds is 4. The first-order valence-corrected chi connectivity index (χ1v) is 5.53. The average molecular weight is 241 g/mol. The van der Waals surface area contributed by atoms with E-state index in [4.69, 9.17) is 9.47 Å². The SMILES string of the molecule is CC.CCc1cc(OC)c(OC)cc1[N+](=O)[O-]. The average Bonchev–Trinajstić information content (AvgIpc) is 2.39. The van der Waals surface area contributed by atoms with Gasteiger partial charge in [0.15, 0.2) is 11.5 Å². The van der Waals surface area contributed by atoms with Gasteiger partial charge >= 0.3 is 0 Å². The number of benzene rings is 1. The van der Waals surface area contributed by atoms with Gasteiger partial charge in [0, 0.05) is 5.56 Å². The van der Waals surface area contributed by atoms with Crippen LogP contribution in [0.3, 0.4) is 0 Å². The molecule has 0 aliphatic carbocycles. The smallest absolute Gasteiger partial charge is 0.276 e. The van der Waals surface area contributed by atoms with Crippen LogP contribution in [0.2, 0.25) is 0 Å². The lowest BCUT2D eigenvalue weighted by Crippen LogP contribution is -1.98. The van der Waals surface area contributed by atoms with Crippen LogP contribution in [-0.4, -0.2) is 19.1 Å². The summed E-state index contributed by atoms with van der Waals surface area (Å²) < 4.78 is 10.1. The van der Waals surface area contributed by atoms with Crippen LogP contribution in [0.4, 0.5) is 5.69 Å². The molecule has 0 saturated heterocycles. The van der Waals surface area contributed by atoms with E-state index in [1.165, 1.54) is 20.3 Å². The molecule has 1 aromatic carbocycles. The molecule has 5 nitrogen and oxygen atoms in total. The number of nitrogens with zero attached hydrogens (tertiary/aromatic N) is 1. The summed E-state index contributed by atoms with van der Waals surface area (Å²) in [5, 5.41) is 10.8. The zero-order chi connectivity index (χ0) is 13.4. The standard InChI is InChI=1S/C10H13NO4.C2H6/c1-4-7-5-9(14-2)10(15-3)6-8(7)11(12)13;1-2/h5-6H,4H2,1-3H3;1-2H3. The molecule has 0 unspecified atom stereocenters. The second kappa shape index (κ2) is 7.49. The molecule has 0 aromatic heterocycles. The fourth-order valence-corrected chi connectivity index (χ4v) is 1.36. The third-order valence-electron chi connectivity index (χ3n) is 2.16. The summed E-state index contributed by atoms with van der Waals surface area (Å²) in [6.07, 6.45) is 0.580. The third kappa shape index (κ3) is 3.62. The van der Waals surface area contributed by atoms with Crippen molar-refractivity contribution < 1.29 is 14.4 Å². The number of aryl methyl sites for hydroxylation is 1. The molecule has 0 bridgehead atoms. The number of ether oxygens (including phenoxy) is 2. The van der Waals surface area contributed by atoms with Crippen molar-refractivity contribution in [2.24, 2.45) is 0 Å². The van der Waals surface area contributed by atoms with Gasteiger partial charge in [0.2, 0.25) is 0 Å². The number of nitro benzene ring substituents is 1. The predicted molar refractivity (Wildman–Crippen MR) is 66.9 cm³/mol. The normalized spacial score (nSPS) is 9.00. The molecule has 0 heterocycles. The van der Waals surface area contributed by atoms with Gasteiger partial charge in [-0.15, -0.1) is 0 Å². The molecule has 0 radical (unpaired) electrons. The Morgan fingerprint density at radius 3 is 2.00 bits per heavy atom. The minimum absolute atomic E-state index is 0.0650. The number of nitro groups is 1. The highest BCUT2D eigenvalue weighted by atomic mass is 16.6. The number of methoxy groups -OCH3 is 2. The van der Waals surface area contributed by atoms with E-state index in [0.29, 0.717) is 23.5 Å². The minimum Gasteiger partial charge on any atom is -0.493 e. The Morgan fingerprint density at radius 1 is 1.18 bits per heavy atom. The van der Waals surface area contributed by atoms with Crippen LogP contribution < -0.4 is 9.47 Å². The van der Waals surface area contributed by atoms with Crippen LogP contribution in [0.1, 0.15) is 26.3 Å². The lowest BCUT2D eigenvalue weighted by atomic mass is 10.1. The van der Waals surface area contributed by atoms with Gasteiger partial charge < -0.3 is 9.47 Å². The van der Waals surface area contributed by atoms with E-state index in [1.54, 1.807) is 6.07 Å². The molecule has 0 aliphatic rings. The van der Waals surface area contributed by atoms with Gasteiger partial charge in [0.1, 0.15) is 0 Å². The highest BCUT2D eigenvalue weighted by molar-refractivity contribution is 5.54. The van der Waals surface area contributed by atoms with Gasteiger partial charge in [-0.25, -0.2) is 0 Å². The molecule has 96 valence electrons. The first-order chi connectivity index (χ1) is 8.13. The predicted octanol–water partition coefficient (Wildman–Crippen LogP) is 3.20. The van der Waals surface area contributed by atoms with Crippen molar-refractivity contribution in [1.29, 1.82) is 0 Å². The quantitative estimate of drug-likeness (QED) is 0.600. The van der Waals surface area contributed by atoms with Crippen LogP contribution in [-0.2, 0) is 6.42 Å². The van der Waals surface area contributed by atoms with E-state index in [2.05, 4.69) is 0 Å². The van der Waals surface area contributed by atoms with Crippen LogP contribution in [0.25, 0.3) is 0 Å². The molecule has 0 spiro atoms. The lowest BCUT2D eigenvalue weighted by Gasteiger charge is -2.09. The van der Waals surface area contributed by atoms with Crippen molar-refractivity contribution in [2.45, 2.75) is 27.2 Å². The summed E-state index contributed by atoms with van der Waals surface area (Å²) in [6.45, 7) is 5.86. The van der Waals surface area contributed by atoms with Gasteiger partial charge in [0.25, 0.3) is 5.69 Å². The number of hydrogen-bond acceptors (Lipinski definition) is 4. The fourth-order valence-electron chi connectivity index (χ4n) is 1.36. The van der Waals surface area contributed by atoms with Crippen molar-refractivity contribution in [3.05, 3.63) is 27.8 Å². The molecule has 0 saturated carbocycles. The van der Waals surface area contributed by atoms with Crippen molar-refractivity contribution in [3.63, 3.8) is 0 Å². The Labute approximate surface area is 102 Å². The molecule has 0 atom stereocenters. The number of hydrogen-bond donors (Lipinski definition) is 0. The molecule has 1 rings (SSSR count). The first-order valence-electron chi connectivity index (χ1n) is 5.53. The molecule has 1 aromatic rings. The third-order valence-corrected chi connectivity index (χ3v) is 2.16. The molecule has 0 aliphatic heterocycles. The van der Waals surface area contributed by atoms with E-state index in [0.717, 1.165) is 0 Å². The maximum atomic E-state index is 10.8. The molecule has 0 amide bonds. The van der Waals surface area contributed by atoms with Crippen LogP contribution in [0.15, 0.2) is 12.1 Å². The lowest BCUT2D eigenvalue weighted by molar-refractivity contribution is -0.385. The molecular weight excluding hydrogens is 222 g/mol. The molecule has 0 fully saturated rings. The Kier molecular flexibility index (Phi) is 6.70. The fraction of sp³-hybridized carbons (Fsp3) is 0.500. The summed E-state index contributed by atoms with van der Waals surface area (Å²) in [5.74, 6) is 0.890. The first kappa shape index (κ1) is 15.2. The molecule has 17 heavy (non-hydrogen) atoms. The van der Waals surface area contributed by atoms with Crippen LogP contribution in [0.5, 0.6) is 11.5 Å². The van der Waals surface area contributed by atoms with E-state index in [-0.39, 0.29) is 5.69 Å². The summed E-state index contributed by atoms with van der Waals surface area (Å²) in [7, 11) is 2.95. The summed E-state index contributed by atoms with van der Waals surface area (Å²) >= 11 is 0. The van der Waals surface area contributed by atoms with Crippen molar-refractivity contribution in [3.8, 4) is 11.5 Å². The largest absolute Gasteiger partial charge is 0.493 e. The van der Waals surface area contributed by atoms with E-state index in [1.807, 2.05) is 20.8 Å². The molecule has 0 N–H and O–H groups in total. The second-order valence-electron chi connectivity index (χ2n) is 2.95. The summed E-state index contributed by atoms with van der Waals surface area (Å²) in [6, 6.07) is 3.02. The summed E-state index contributed by atoms with van der Waals surface area (Å²) in [4.78, 5) is 10.3. The topological polar surface area (TPSA) is 61.6 Å². The minimum atomic E-state index is -0.416. The monoisotopic (exact) mass is 241 g/mol. The van der Waals surface area contributed by atoms with Crippen LogP contribution >= 0.6 is 0 Å². The highest BCUT2D eigenvalue weighted by Crippen LogP contribution is 2.34. The zero-order valence-electron chi connectivity index (χ0n) is 10.9. The summed E-state index contributed by atoms with van der Waals surface area (Å²) in [5.41, 5.74) is 0.702. The molecular formula is C12H19NO4. The van der Waals surface area contributed by atoms with E-state index >= 15 is 0 Å². The van der Waals surface area contributed by atoms with Crippen LogP contribution in [0, 0.1) is 10.1 Å². The highest BCUT2D eigenvalue weighted by Gasteiger charge is 2.17. The van der Waals surface area contributed by atoms with Gasteiger partial charge in [0.05, 0.1) is 25.2 Å². The van der Waals surface area contributed by atoms with Gasteiger partial charge in [-0.3, -0.25) is 10.1 Å².